The molecule has 0 aromatic heterocycles. The monoisotopic (exact) mass is 795 g/mol. The van der Waals surface area contributed by atoms with Crippen LogP contribution in [0.2, 0.25) is 0 Å². The fourth-order valence-corrected chi connectivity index (χ4v) is 12.0. The second-order valence-electron chi connectivity index (χ2n) is 14.0. The van der Waals surface area contributed by atoms with Crippen molar-refractivity contribution < 1.29 is 59.0 Å². The molecule has 288 valence electrons. The van der Waals surface area contributed by atoms with Gasteiger partial charge in [-0.3, -0.25) is 45.0 Å². The first kappa shape index (κ1) is 40.0. The number of hydrogen-bond donors (Lipinski definition) is 11. The van der Waals surface area contributed by atoms with Gasteiger partial charge in [-0.1, -0.05) is 12.8 Å². The second-order valence-corrected chi connectivity index (χ2v) is 19.6. The van der Waals surface area contributed by atoms with Crippen LogP contribution in [0.4, 0.5) is 0 Å². The Morgan fingerprint density at radius 2 is 1.38 bits per heavy atom. The summed E-state index contributed by atoms with van der Waals surface area (Å²) < 4.78 is 103. The van der Waals surface area contributed by atoms with E-state index in [0.717, 1.165) is 0 Å². The average Bonchev–Trinajstić information content (AvgIpc) is 2.99. The van der Waals surface area contributed by atoms with E-state index in [4.69, 9.17) is 11.6 Å². The highest BCUT2D eigenvalue weighted by atomic mass is 35.5. The molecule has 15 unspecified atom stereocenters. The molecule has 11 N–H and O–H groups in total. The van der Waals surface area contributed by atoms with Crippen molar-refractivity contribution in [1.82, 2.24) is 26.6 Å². The van der Waals surface area contributed by atoms with E-state index in [1.807, 2.05) is 0 Å². The van der Waals surface area contributed by atoms with E-state index in [2.05, 4.69) is 36.8 Å². The molecule has 0 amide bonds. The van der Waals surface area contributed by atoms with Gasteiger partial charge in [-0.15, -0.1) is 11.6 Å². The Morgan fingerprint density at radius 1 is 0.740 bits per heavy atom. The number of halogens is 1. The molecule has 0 spiro atoms. The first-order valence-corrected chi connectivity index (χ1v) is 21.5. The highest BCUT2D eigenvalue weighted by molar-refractivity contribution is 7.87. The summed E-state index contributed by atoms with van der Waals surface area (Å²) in [6.07, 6.45) is -2.98. The van der Waals surface area contributed by atoms with Gasteiger partial charge in [0.2, 0.25) is 0 Å². The zero-order valence-electron chi connectivity index (χ0n) is 26.8. The average molecular weight is 796 g/mol. The van der Waals surface area contributed by atoms with Crippen LogP contribution in [0.25, 0.3) is 0 Å². The number of nitrogens with zero attached hydrogens (tertiary/aromatic N) is 2. The van der Waals surface area contributed by atoms with E-state index in [-0.39, 0.29) is 32.1 Å². The van der Waals surface area contributed by atoms with Crippen molar-refractivity contribution in [2.24, 2.45) is 28.0 Å². The molecule has 50 heavy (non-hydrogen) atoms. The molecule has 5 fully saturated rings. The zero-order valence-corrected chi connectivity index (χ0v) is 30.0. The summed E-state index contributed by atoms with van der Waals surface area (Å²) in [5.74, 6) is -3.72. The normalized spacial score (nSPS) is 43.7. The van der Waals surface area contributed by atoms with Gasteiger partial charge in [-0.25, -0.2) is 0 Å². The second kappa shape index (κ2) is 15.7. The Labute approximate surface area is 295 Å². The lowest BCUT2D eigenvalue weighted by atomic mass is 9.65. The summed E-state index contributed by atoms with van der Waals surface area (Å²) >= 11 is 6.14. The van der Waals surface area contributed by atoms with Gasteiger partial charge < -0.3 is 15.3 Å². The maximum absolute atomic E-state index is 12.6. The smallest absolute Gasteiger partial charge is 0.308 e. The Kier molecular flexibility index (Phi) is 12.5. The lowest BCUT2D eigenvalue weighted by molar-refractivity contribution is -0.143. The molecular weight excluding hydrogens is 750 g/mol. The fraction of sp³-hybridized carbons (Fsp3) is 0.962. The van der Waals surface area contributed by atoms with Crippen LogP contribution in [0.15, 0.2) is 10.2 Å². The van der Waals surface area contributed by atoms with E-state index in [9.17, 15) is 59.0 Å². The van der Waals surface area contributed by atoms with Crippen molar-refractivity contribution in [1.29, 1.82) is 0 Å². The molecule has 1 saturated heterocycles. The molecule has 5 aliphatic rings. The lowest BCUT2D eigenvalue weighted by Crippen LogP contribution is -2.77. The lowest BCUT2D eigenvalue weighted by Gasteiger charge is -2.51. The Hall–Kier alpha value is -1.19. The van der Waals surface area contributed by atoms with Crippen molar-refractivity contribution in [2.45, 2.75) is 135 Å². The van der Waals surface area contributed by atoms with Crippen LogP contribution in [0.1, 0.15) is 64.2 Å². The van der Waals surface area contributed by atoms with E-state index < -0.39 is 124 Å². The quantitative estimate of drug-likeness (QED) is 0.0670. The topological polar surface area (TPSA) is 326 Å². The molecule has 0 aromatic rings. The number of azo groups is 1. The molecule has 0 aromatic carbocycles. The van der Waals surface area contributed by atoms with Crippen LogP contribution in [-0.2, 0) is 35.1 Å². The van der Waals surface area contributed by atoms with E-state index >= 15 is 0 Å². The third-order valence-corrected chi connectivity index (χ3v) is 15.2. The first-order valence-electron chi connectivity index (χ1n) is 16.5. The number of aliphatic hydroxyl groups is 2. The number of nitrogens with one attached hydrogen (secondary N) is 5. The number of fused-ring (bicyclic) bond motifs is 1. The maximum atomic E-state index is 12.6. The summed E-state index contributed by atoms with van der Waals surface area (Å²) in [6.45, 7) is 0. The summed E-state index contributed by atoms with van der Waals surface area (Å²) in [4.78, 5) is 11.8. The molecule has 0 bridgehead atoms. The molecular formula is C26H46ClN7O13S3. The minimum atomic E-state index is -4.88. The van der Waals surface area contributed by atoms with Crippen LogP contribution >= 0.6 is 11.6 Å². The molecule has 1 aliphatic heterocycles. The van der Waals surface area contributed by atoms with Gasteiger partial charge in [0.15, 0.2) is 6.35 Å². The summed E-state index contributed by atoms with van der Waals surface area (Å²) in [5, 5.41) is 50.0. The largest absolute Gasteiger partial charge is 0.481 e. The highest BCUT2D eigenvalue weighted by Gasteiger charge is 2.56. The van der Waals surface area contributed by atoms with Crippen molar-refractivity contribution >= 4 is 47.9 Å². The Morgan fingerprint density at radius 3 is 2.00 bits per heavy atom. The molecule has 1 heterocycles. The van der Waals surface area contributed by atoms with Crippen LogP contribution in [-0.4, -0.2) is 131 Å². The number of aliphatic carboxylic acids is 1. The minimum absolute atomic E-state index is 0.0258. The fourth-order valence-electron chi connectivity index (χ4n) is 8.40. The number of alkyl halides is 1. The van der Waals surface area contributed by atoms with Crippen LogP contribution < -0.4 is 26.6 Å². The predicted molar refractivity (Wildman–Crippen MR) is 175 cm³/mol. The number of rotatable bonds is 10. The number of aliphatic hydroxyl groups excluding tert-OH is 2. The summed E-state index contributed by atoms with van der Waals surface area (Å²) in [6, 6.07) is -3.75. The number of hydrogen-bond acceptors (Lipinski definition) is 16. The van der Waals surface area contributed by atoms with E-state index in [0.29, 0.717) is 32.1 Å². The van der Waals surface area contributed by atoms with Crippen molar-refractivity contribution in [3.8, 4) is 0 Å². The third-order valence-electron chi connectivity index (χ3n) is 10.8. The zero-order chi connectivity index (χ0) is 36.8. The number of carbonyl (C=O) groups is 1. The van der Waals surface area contributed by atoms with Gasteiger partial charge in [0.05, 0.1) is 28.7 Å². The van der Waals surface area contributed by atoms with Crippen LogP contribution in [0.3, 0.4) is 0 Å². The Balaban J connectivity index is 1.37. The van der Waals surface area contributed by atoms with E-state index in [1.165, 1.54) is 0 Å². The van der Waals surface area contributed by atoms with Crippen molar-refractivity contribution in [3.05, 3.63) is 0 Å². The number of carboxylic acids is 1. The van der Waals surface area contributed by atoms with Gasteiger partial charge in [0, 0.05) is 18.0 Å². The van der Waals surface area contributed by atoms with Crippen molar-refractivity contribution in [3.63, 3.8) is 0 Å². The molecule has 20 nitrogen and oxygen atoms in total. The van der Waals surface area contributed by atoms with Gasteiger partial charge >= 0.3 is 5.97 Å². The molecule has 24 heteroatoms. The molecule has 15 atom stereocenters. The summed E-state index contributed by atoms with van der Waals surface area (Å²) in [5.41, 5.74) is 0. The van der Waals surface area contributed by atoms with Crippen LogP contribution in [0, 0.1) is 17.8 Å². The number of carboxylic acid groups (broad SMARTS) is 1. The standard InChI is InChI=1S/C26H46ClN7O13S3/c27-15-6-5-12(9-18(15)49(42,43)44)28-24-30-25(32-26(38)31-24)29-17-10-13(48(39,40)41)7-11-8-19(50(45,46)47)21(22(35)20(11)17)34-33-16-4-2-1-3-14(16)23(36)37/h11-22,24-26,28-32,35,38H,1-10H2,(H,36,37)(H,39,40,41)(H,42,43,44)(H,45,46,47). The highest BCUT2D eigenvalue weighted by Crippen LogP contribution is 2.45. The molecule has 4 saturated carbocycles. The van der Waals surface area contributed by atoms with Gasteiger partial charge in [0.1, 0.15) is 29.1 Å². The van der Waals surface area contributed by atoms with Crippen LogP contribution in [0.5, 0.6) is 0 Å². The van der Waals surface area contributed by atoms with Gasteiger partial charge in [-0.05, 0) is 57.3 Å². The minimum Gasteiger partial charge on any atom is -0.481 e. The molecule has 0 radical (unpaired) electrons. The SMILES string of the molecule is O=C(O)C1CCCCC1N=NC1C(O)C2C(CC(S(=O)(=O)O)CC2NC2NC(O)NC(NC3CCC(Cl)C(S(=O)(=O)O)C3)N2)CC1S(=O)(=O)O. The van der Waals surface area contributed by atoms with Crippen molar-refractivity contribution in [2.75, 3.05) is 0 Å². The Bertz CT molecular complexity index is 1590. The van der Waals surface area contributed by atoms with Gasteiger partial charge in [-0.2, -0.15) is 35.5 Å². The first-order chi connectivity index (χ1) is 23.2. The predicted octanol–water partition coefficient (Wildman–Crippen LogP) is -1.66. The molecule has 4 aliphatic carbocycles. The van der Waals surface area contributed by atoms with E-state index in [1.54, 1.807) is 0 Å². The maximum Gasteiger partial charge on any atom is 0.308 e. The van der Waals surface area contributed by atoms with Gasteiger partial charge in [0.25, 0.3) is 30.4 Å². The third kappa shape index (κ3) is 9.48. The summed E-state index contributed by atoms with van der Waals surface area (Å²) in [7, 11) is -14.0. The molecule has 5 rings (SSSR count).